The molecule has 1 fully saturated rings. The number of aliphatic imine (C=N–C) groups is 1. The van der Waals surface area contributed by atoms with Gasteiger partial charge in [-0.3, -0.25) is 4.99 Å². The molecule has 0 aromatic heterocycles. The van der Waals surface area contributed by atoms with Gasteiger partial charge in [-0.05, 0) is 14.0 Å². The van der Waals surface area contributed by atoms with Gasteiger partial charge in [0.25, 0.3) is 0 Å². The molecule has 0 bridgehead atoms. The predicted molar refractivity (Wildman–Crippen MR) is 88.5 cm³/mol. The average Bonchev–Trinajstić information content (AvgIpc) is 2.38. The Balaban J connectivity index is 0.00000324. The molecule has 0 aromatic rings. The van der Waals surface area contributed by atoms with Gasteiger partial charge in [-0.25, -0.2) is 0 Å². The predicted octanol–water partition coefficient (Wildman–Crippen LogP) is 0.137. The maximum atomic E-state index is 5.67. The molecular weight excluding hydrogens is 359 g/mol. The minimum absolute atomic E-state index is 0. The molecule has 0 aliphatic carbocycles. The Hall–Kier alpha value is -0.120. The third kappa shape index (κ3) is 8.61. The van der Waals surface area contributed by atoms with E-state index in [0.29, 0.717) is 6.61 Å². The van der Waals surface area contributed by atoms with E-state index < -0.39 is 0 Å². The number of morpholine rings is 1. The molecule has 2 N–H and O–H groups in total. The van der Waals surface area contributed by atoms with E-state index in [1.165, 1.54) is 0 Å². The normalized spacial score (nSPS) is 20.8. The van der Waals surface area contributed by atoms with E-state index in [4.69, 9.17) is 9.47 Å². The summed E-state index contributed by atoms with van der Waals surface area (Å²) in [6, 6.07) is 0. The largest absolute Gasteiger partial charge is 0.380 e. The summed E-state index contributed by atoms with van der Waals surface area (Å²) in [5.74, 6) is 0.798. The van der Waals surface area contributed by atoms with Crippen LogP contribution in [0, 0.1) is 0 Å². The second kappa shape index (κ2) is 11.7. The number of nitrogens with zero attached hydrogens (tertiary/aromatic N) is 2. The molecule has 1 aliphatic heterocycles. The van der Waals surface area contributed by atoms with E-state index in [1.807, 2.05) is 6.92 Å². The first-order valence-corrected chi connectivity index (χ1v) is 6.58. The summed E-state index contributed by atoms with van der Waals surface area (Å²) in [7, 11) is 3.88. The van der Waals surface area contributed by atoms with Crippen molar-refractivity contribution in [1.29, 1.82) is 0 Å². The first-order chi connectivity index (χ1) is 8.76. The topological polar surface area (TPSA) is 58.1 Å². The summed E-state index contributed by atoms with van der Waals surface area (Å²) in [6.45, 7) is 7.75. The first-order valence-electron chi connectivity index (χ1n) is 6.58. The minimum atomic E-state index is 0. The zero-order valence-electron chi connectivity index (χ0n) is 12.1. The highest BCUT2D eigenvalue weighted by atomic mass is 127. The van der Waals surface area contributed by atoms with Crippen molar-refractivity contribution < 1.29 is 9.47 Å². The van der Waals surface area contributed by atoms with Crippen LogP contribution in [-0.4, -0.2) is 77.1 Å². The van der Waals surface area contributed by atoms with Gasteiger partial charge >= 0.3 is 0 Å². The van der Waals surface area contributed by atoms with Crippen LogP contribution in [0.3, 0.4) is 0 Å². The highest BCUT2D eigenvalue weighted by Crippen LogP contribution is 2.01. The standard InChI is InChI=1S/C12H26N4O2.HI/c1-4-17-7-5-14-12(13-2)15-9-11-10-16(3)6-8-18-11;/h11H,4-10H2,1-3H3,(H2,13,14,15);1H. The maximum absolute atomic E-state index is 5.67. The Morgan fingerprint density at radius 3 is 2.89 bits per heavy atom. The number of hydrogen-bond acceptors (Lipinski definition) is 4. The molecule has 1 saturated heterocycles. The van der Waals surface area contributed by atoms with Crippen LogP contribution in [0.5, 0.6) is 0 Å². The van der Waals surface area contributed by atoms with Crippen LogP contribution in [0.2, 0.25) is 0 Å². The van der Waals surface area contributed by atoms with E-state index in [-0.39, 0.29) is 30.1 Å². The Morgan fingerprint density at radius 2 is 2.26 bits per heavy atom. The Bertz CT molecular complexity index is 254. The van der Waals surface area contributed by atoms with Crippen LogP contribution < -0.4 is 10.6 Å². The second-order valence-corrected chi connectivity index (χ2v) is 4.33. The van der Waals surface area contributed by atoms with Gasteiger partial charge in [-0.15, -0.1) is 24.0 Å². The number of guanidine groups is 1. The fourth-order valence-electron chi connectivity index (χ4n) is 1.81. The molecule has 114 valence electrons. The molecule has 0 spiro atoms. The molecule has 1 atom stereocenters. The lowest BCUT2D eigenvalue weighted by Crippen LogP contribution is -2.48. The van der Waals surface area contributed by atoms with E-state index in [9.17, 15) is 0 Å². The van der Waals surface area contributed by atoms with Crippen molar-refractivity contribution in [3.63, 3.8) is 0 Å². The smallest absolute Gasteiger partial charge is 0.191 e. The van der Waals surface area contributed by atoms with E-state index in [1.54, 1.807) is 7.05 Å². The summed E-state index contributed by atoms with van der Waals surface area (Å²) >= 11 is 0. The van der Waals surface area contributed by atoms with Crippen LogP contribution in [0.25, 0.3) is 0 Å². The van der Waals surface area contributed by atoms with Crippen molar-refractivity contribution in [2.75, 3.05) is 60.1 Å². The van der Waals surface area contributed by atoms with E-state index in [0.717, 1.165) is 45.4 Å². The van der Waals surface area contributed by atoms with Gasteiger partial charge < -0.3 is 25.0 Å². The van der Waals surface area contributed by atoms with E-state index in [2.05, 4.69) is 27.6 Å². The third-order valence-electron chi connectivity index (χ3n) is 2.81. The van der Waals surface area contributed by atoms with Crippen molar-refractivity contribution in [2.45, 2.75) is 13.0 Å². The lowest BCUT2D eigenvalue weighted by atomic mass is 10.3. The zero-order valence-corrected chi connectivity index (χ0v) is 14.5. The van der Waals surface area contributed by atoms with Crippen molar-refractivity contribution in [1.82, 2.24) is 15.5 Å². The number of nitrogens with one attached hydrogen (secondary N) is 2. The summed E-state index contributed by atoms with van der Waals surface area (Å²) in [5.41, 5.74) is 0. The van der Waals surface area contributed by atoms with Crippen LogP contribution >= 0.6 is 24.0 Å². The summed E-state index contributed by atoms with van der Waals surface area (Å²) in [4.78, 5) is 6.44. The number of halogens is 1. The number of ether oxygens (including phenoxy) is 2. The Morgan fingerprint density at radius 1 is 1.47 bits per heavy atom. The lowest BCUT2D eigenvalue weighted by molar-refractivity contribution is -0.0161. The third-order valence-corrected chi connectivity index (χ3v) is 2.81. The van der Waals surface area contributed by atoms with Gasteiger partial charge in [-0.2, -0.15) is 0 Å². The van der Waals surface area contributed by atoms with E-state index >= 15 is 0 Å². The van der Waals surface area contributed by atoms with Gasteiger partial charge in [0.2, 0.25) is 0 Å². The van der Waals surface area contributed by atoms with Gasteiger partial charge in [-0.1, -0.05) is 0 Å². The van der Waals surface area contributed by atoms with Crippen molar-refractivity contribution >= 4 is 29.9 Å². The molecule has 6 nitrogen and oxygen atoms in total. The van der Waals surface area contributed by atoms with Crippen molar-refractivity contribution in [3.8, 4) is 0 Å². The fourth-order valence-corrected chi connectivity index (χ4v) is 1.81. The number of likely N-dealkylation sites (N-methyl/N-ethyl adjacent to an activating group) is 1. The Kier molecular flexibility index (Phi) is 11.6. The molecule has 19 heavy (non-hydrogen) atoms. The summed E-state index contributed by atoms with van der Waals surface area (Å²) in [5, 5.41) is 6.47. The fraction of sp³-hybridized carbons (Fsp3) is 0.917. The molecule has 1 heterocycles. The summed E-state index contributed by atoms with van der Waals surface area (Å²) < 4.78 is 10.9. The molecular formula is C12H27IN4O2. The molecule has 1 unspecified atom stereocenters. The molecule has 0 saturated carbocycles. The average molecular weight is 386 g/mol. The lowest BCUT2D eigenvalue weighted by Gasteiger charge is -2.30. The van der Waals surface area contributed by atoms with Crippen LogP contribution in [-0.2, 0) is 9.47 Å². The summed E-state index contributed by atoms with van der Waals surface area (Å²) in [6.07, 6.45) is 0.231. The number of hydrogen-bond donors (Lipinski definition) is 2. The molecule has 0 aromatic carbocycles. The molecule has 1 rings (SSSR count). The van der Waals surface area contributed by atoms with Gasteiger partial charge in [0.15, 0.2) is 5.96 Å². The van der Waals surface area contributed by atoms with Crippen molar-refractivity contribution in [3.05, 3.63) is 0 Å². The molecule has 0 amide bonds. The van der Waals surface area contributed by atoms with Crippen molar-refractivity contribution in [2.24, 2.45) is 4.99 Å². The van der Waals surface area contributed by atoms with Crippen LogP contribution in [0.4, 0.5) is 0 Å². The Labute approximate surface area is 133 Å². The quantitative estimate of drug-likeness (QED) is 0.294. The maximum Gasteiger partial charge on any atom is 0.191 e. The molecule has 0 radical (unpaired) electrons. The monoisotopic (exact) mass is 386 g/mol. The molecule has 7 heteroatoms. The highest BCUT2D eigenvalue weighted by molar-refractivity contribution is 14.0. The van der Waals surface area contributed by atoms with Gasteiger partial charge in [0.1, 0.15) is 0 Å². The highest BCUT2D eigenvalue weighted by Gasteiger charge is 2.17. The van der Waals surface area contributed by atoms with Gasteiger partial charge in [0.05, 0.1) is 19.3 Å². The molecule has 1 aliphatic rings. The van der Waals surface area contributed by atoms with Gasteiger partial charge in [0, 0.05) is 39.8 Å². The number of rotatable bonds is 6. The SMILES string of the molecule is CCOCCNC(=NC)NCC1CN(C)CCO1.I. The minimum Gasteiger partial charge on any atom is -0.380 e. The van der Waals surface area contributed by atoms with Crippen LogP contribution in [0.1, 0.15) is 6.92 Å². The van der Waals surface area contributed by atoms with Crippen LogP contribution in [0.15, 0.2) is 4.99 Å². The second-order valence-electron chi connectivity index (χ2n) is 4.33. The zero-order chi connectivity index (χ0) is 13.2. The first kappa shape index (κ1) is 18.9.